The van der Waals surface area contributed by atoms with Crippen molar-refractivity contribution in [1.82, 2.24) is 5.32 Å². The van der Waals surface area contributed by atoms with E-state index in [1.165, 1.54) is 29.5 Å². The summed E-state index contributed by atoms with van der Waals surface area (Å²) in [6.45, 7) is 4.28. The number of hydrogen-bond donors (Lipinski definition) is 2. The standard InChI is InChI=1S/C20H18N2O3S/c1-12(2)14-5-3-13(4-6-14)11-17-18(23)22-20(26-17)21-16-9-7-15(8-10-16)19(24)25/h3-12H,1-2H3,(H,24,25)(H,21,22,23)/b17-11-. The summed E-state index contributed by atoms with van der Waals surface area (Å²) in [6, 6.07) is 14.3. The van der Waals surface area contributed by atoms with Crippen LogP contribution in [-0.2, 0) is 4.79 Å². The Bertz CT molecular complexity index is 898. The highest BCUT2D eigenvalue weighted by Crippen LogP contribution is 2.28. The number of carbonyl (C=O) groups excluding carboxylic acids is 1. The summed E-state index contributed by atoms with van der Waals surface area (Å²) in [5, 5.41) is 12.1. The lowest BCUT2D eigenvalue weighted by Crippen LogP contribution is -2.19. The number of thioether (sulfide) groups is 1. The number of carboxylic acid groups (broad SMARTS) is 1. The first-order chi connectivity index (χ1) is 12.4. The molecule has 1 aliphatic heterocycles. The van der Waals surface area contributed by atoms with Gasteiger partial charge in [0.05, 0.1) is 16.2 Å². The smallest absolute Gasteiger partial charge is 0.335 e. The average molecular weight is 366 g/mol. The van der Waals surface area contributed by atoms with Crippen molar-refractivity contribution in [3.63, 3.8) is 0 Å². The van der Waals surface area contributed by atoms with Gasteiger partial charge in [0.25, 0.3) is 5.91 Å². The van der Waals surface area contributed by atoms with Gasteiger partial charge in [-0.2, -0.15) is 0 Å². The van der Waals surface area contributed by atoms with Crippen molar-refractivity contribution in [3.05, 3.63) is 70.1 Å². The summed E-state index contributed by atoms with van der Waals surface area (Å²) in [5.74, 6) is -0.711. The predicted octanol–water partition coefficient (Wildman–Crippen LogP) is 4.40. The van der Waals surface area contributed by atoms with Gasteiger partial charge in [0.2, 0.25) is 0 Å². The van der Waals surface area contributed by atoms with Gasteiger partial charge in [-0.3, -0.25) is 4.79 Å². The molecule has 0 radical (unpaired) electrons. The van der Waals surface area contributed by atoms with Gasteiger partial charge in [-0.25, -0.2) is 9.79 Å². The molecule has 1 aliphatic rings. The lowest BCUT2D eigenvalue weighted by atomic mass is 10.0. The second-order valence-electron chi connectivity index (χ2n) is 6.16. The molecule has 2 aromatic carbocycles. The molecule has 0 aliphatic carbocycles. The number of carbonyl (C=O) groups is 2. The first-order valence-electron chi connectivity index (χ1n) is 8.15. The highest BCUT2D eigenvalue weighted by atomic mass is 32.2. The molecule has 0 unspecified atom stereocenters. The molecule has 2 aromatic rings. The van der Waals surface area contributed by atoms with Crippen LogP contribution in [-0.4, -0.2) is 22.2 Å². The second-order valence-corrected chi connectivity index (χ2v) is 7.19. The molecule has 26 heavy (non-hydrogen) atoms. The van der Waals surface area contributed by atoms with Crippen molar-refractivity contribution in [2.24, 2.45) is 4.99 Å². The molecule has 2 N–H and O–H groups in total. The maximum absolute atomic E-state index is 12.1. The molecule has 0 bridgehead atoms. The zero-order chi connectivity index (χ0) is 18.7. The van der Waals surface area contributed by atoms with Gasteiger partial charge in [-0.15, -0.1) is 0 Å². The van der Waals surface area contributed by atoms with Crippen molar-refractivity contribution >= 4 is 40.6 Å². The number of aromatic carboxylic acids is 1. The Morgan fingerprint density at radius 3 is 2.35 bits per heavy atom. The van der Waals surface area contributed by atoms with Crippen LogP contribution in [0.15, 0.2) is 58.4 Å². The summed E-state index contributed by atoms with van der Waals surface area (Å²) < 4.78 is 0. The van der Waals surface area contributed by atoms with Crippen LogP contribution in [0.4, 0.5) is 5.69 Å². The molecule has 5 nitrogen and oxygen atoms in total. The van der Waals surface area contributed by atoms with Crippen LogP contribution in [0.25, 0.3) is 6.08 Å². The van der Waals surface area contributed by atoms with Gasteiger partial charge < -0.3 is 10.4 Å². The highest BCUT2D eigenvalue weighted by molar-refractivity contribution is 8.18. The number of carboxylic acids is 1. The van der Waals surface area contributed by atoms with Crippen LogP contribution < -0.4 is 5.32 Å². The van der Waals surface area contributed by atoms with Crippen molar-refractivity contribution < 1.29 is 14.7 Å². The number of rotatable bonds is 4. The van der Waals surface area contributed by atoms with Gasteiger partial charge in [-0.05, 0) is 59.1 Å². The Kier molecular flexibility index (Phi) is 5.23. The summed E-state index contributed by atoms with van der Waals surface area (Å²) in [7, 11) is 0. The maximum atomic E-state index is 12.1. The Hall–Kier alpha value is -2.86. The number of amidine groups is 1. The number of hydrogen-bond acceptors (Lipinski definition) is 4. The third-order valence-corrected chi connectivity index (χ3v) is 4.81. The highest BCUT2D eigenvalue weighted by Gasteiger charge is 2.23. The molecule has 1 saturated heterocycles. The van der Waals surface area contributed by atoms with Crippen LogP contribution in [0.3, 0.4) is 0 Å². The molecule has 1 heterocycles. The fourth-order valence-electron chi connectivity index (χ4n) is 2.40. The number of nitrogens with one attached hydrogen (secondary N) is 1. The molecule has 132 valence electrons. The fourth-order valence-corrected chi connectivity index (χ4v) is 3.25. The van der Waals surface area contributed by atoms with E-state index in [9.17, 15) is 9.59 Å². The van der Waals surface area contributed by atoms with E-state index in [-0.39, 0.29) is 11.5 Å². The summed E-state index contributed by atoms with van der Waals surface area (Å²) in [4.78, 5) is 27.9. The monoisotopic (exact) mass is 366 g/mol. The van der Waals surface area contributed by atoms with Gasteiger partial charge in [0.1, 0.15) is 0 Å². The average Bonchev–Trinajstić information content (AvgIpc) is 2.95. The van der Waals surface area contributed by atoms with Crippen molar-refractivity contribution in [2.45, 2.75) is 19.8 Å². The third-order valence-electron chi connectivity index (χ3n) is 3.90. The quantitative estimate of drug-likeness (QED) is 0.786. The van der Waals surface area contributed by atoms with Crippen LogP contribution in [0.5, 0.6) is 0 Å². The van der Waals surface area contributed by atoms with E-state index in [1.807, 2.05) is 18.2 Å². The van der Waals surface area contributed by atoms with Crippen LogP contribution in [0.2, 0.25) is 0 Å². The van der Waals surface area contributed by atoms with Crippen LogP contribution in [0.1, 0.15) is 41.3 Å². The number of aliphatic imine (C=N–C) groups is 1. The van der Waals surface area contributed by atoms with Gasteiger partial charge in [-0.1, -0.05) is 38.1 Å². The Balaban J connectivity index is 1.76. The Labute approximate surface area is 155 Å². The minimum Gasteiger partial charge on any atom is -0.478 e. The first-order valence-corrected chi connectivity index (χ1v) is 8.97. The molecule has 6 heteroatoms. The van der Waals surface area contributed by atoms with Gasteiger partial charge >= 0.3 is 5.97 Å². The van der Waals surface area contributed by atoms with E-state index in [0.717, 1.165) is 5.56 Å². The van der Waals surface area contributed by atoms with Crippen LogP contribution >= 0.6 is 11.8 Å². The third kappa shape index (κ3) is 4.21. The van der Waals surface area contributed by atoms with E-state index in [4.69, 9.17) is 5.11 Å². The Morgan fingerprint density at radius 2 is 1.77 bits per heavy atom. The zero-order valence-corrected chi connectivity index (χ0v) is 15.2. The lowest BCUT2D eigenvalue weighted by molar-refractivity contribution is -0.115. The molecule has 0 aromatic heterocycles. The van der Waals surface area contributed by atoms with Crippen molar-refractivity contribution in [3.8, 4) is 0 Å². The van der Waals surface area contributed by atoms with Crippen molar-refractivity contribution in [1.29, 1.82) is 0 Å². The molecular formula is C20H18N2O3S. The van der Waals surface area contributed by atoms with Crippen LogP contribution in [0, 0.1) is 0 Å². The normalized spacial score (nSPS) is 17.1. The lowest BCUT2D eigenvalue weighted by Gasteiger charge is -2.04. The number of amides is 1. The zero-order valence-electron chi connectivity index (χ0n) is 14.4. The first kappa shape index (κ1) is 17.9. The fraction of sp³-hybridized carbons (Fsp3) is 0.150. The minimum absolute atomic E-state index is 0.191. The van der Waals surface area contributed by atoms with E-state index in [0.29, 0.717) is 21.7 Å². The number of benzene rings is 2. The van der Waals surface area contributed by atoms with E-state index in [2.05, 4.69) is 36.3 Å². The summed E-state index contributed by atoms with van der Waals surface area (Å²) >= 11 is 1.26. The topological polar surface area (TPSA) is 78.8 Å². The molecule has 0 atom stereocenters. The molecule has 3 rings (SSSR count). The van der Waals surface area contributed by atoms with E-state index >= 15 is 0 Å². The number of nitrogens with zero attached hydrogens (tertiary/aromatic N) is 1. The molecule has 0 saturated carbocycles. The summed E-state index contributed by atoms with van der Waals surface area (Å²) in [6.07, 6.45) is 1.83. The van der Waals surface area contributed by atoms with E-state index in [1.54, 1.807) is 12.1 Å². The largest absolute Gasteiger partial charge is 0.478 e. The second kappa shape index (κ2) is 7.58. The molecule has 1 fully saturated rings. The predicted molar refractivity (Wildman–Crippen MR) is 105 cm³/mol. The molecule has 1 amide bonds. The van der Waals surface area contributed by atoms with Gasteiger partial charge in [0, 0.05) is 0 Å². The molecule has 0 spiro atoms. The SMILES string of the molecule is CC(C)c1ccc(/C=C2\SC(=Nc3ccc(C(=O)O)cc3)NC2=O)cc1. The Morgan fingerprint density at radius 1 is 1.12 bits per heavy atom. The molecular weight excluding hydrogens is 348 g/mol. The minimum atomic E-state index is -0.985. The van der Waals surface area contributed by atoms with E-state index < -0.39 is 5.97 Å². The maximum Gasteiger partial charge on any atom is 0.335 e. The van der Waals surface area contributed by atoms with Crippen molar-refractivity contribution in [2.75, 3.05) is 0 Å². The van der Waals surface area contributed by atoms with Gasteiger partial charge in [0.15, 0.2) is 5.17 Å². The summed E-state index contributed by atoms with van der Waals surface area (Å²) in [5.41, 5.74) is 2.99.